The van der Waals surface area contributed by atoms with E-state index in [0.717, 1.165) is 24.3 Å². The van der Waals surface area contributed by atoms with Gasteiger partial charge in [0.2, 0.25) is 0 Å². The van der Waals surface area contributed by atoms with Crippen LogP contribution in [0.2, 0.25) is 0 Å². The topological polar surface area (TPSA) is 96.0 Å². The molecular formula is C15H16F3N3O4. The quantitative estimate of drug-likeness (QED) is 0.648. The summed E-state index contributed by atoms with van der Waals surface area (Å²) < 4.78 is 40.2. The molecule has 1 N–H and O–H groups in total. The molecule has 1 atom stereocenters. The van der Waals surface area contributed by atoms with Crippen LogP contribution in [-0.2, 0) is 0 Å². The minimum absolute atomic E-state index is 0.00868. The lowest BCUT2D eigenvalue weighted by molar-refractivity contribution is -0.384. The second-order valence-corrected chi connectivity index (χ2v) is 6.71. The zero-order chi connectivity index (χ0) is 19.2. The van der Waals surface area contributed by atoms with E-state index in [1.54, 1.807) is 20.8 Å². The van der Waals surface area contributed by atoms with Crippen LogP contribution >= 0.6 is 0 Å². The average Bonchev–Trinajstić information content (AvgIpc) is 2.85. The van der Waals surface area contributed by atoms with E-state index in [4.69, 9.17) is 0 Å². The molecule has 7 nitrogen and oxygen atoms in total. The second kappa shape index (κ2) is 5.80. The highest BCUT2D eigenvalue weighted by molar-refractivity contribution is 5.99. The zero-order valence-electron chi connectivity index (χ0n) is 13.7. The van der Waals surface area contributed by atoms with E-state index in [1.807, 2.05) is 0 Å². The molecule has 1 aliphatic heterocycles. The molecule has 2 rings (SSSR count). The number of aliphatic hydroxyl groups is 1. The molecule has 0 aromatic heterocycles. The van der Waals surface area contributed by atoms with Crippen molar-refractivity contribution in [3.63, 3.8) is 0 Å². The van der Waals surface area contributed by atoms with Crippen molar-refractivity contribution < 1.29 is 28.0 Å². The third-order valence-electron chi connectivity index (χ3n) is 3.82. The van der Waals surface area contributed by atoms with Gasteiger partial charge in [-0.15, -0.1) is 0 Å². The Morgan fingerprint density at radius 2 is 1.80 bits per heavy atom. The standard InChI is InChI=1S/C15H16F3N3O4/c1-13(2,3)11-8-14(23,15(16,17)18)20(19-11)12(22)9-4-6-10(7-5-9)21(24)25/h4-7,23H,8H2,1-3H3/t14-/m1/s1. The Balaban J connectivity index is 2.46. The largest absolute Gasteiger partial charge is 0.438 e. The molecule has 0 radical (unpaired) electrons. The number of amides is 1. The van der Waals surface area contributed by atoms with Gasteiger partial charge in [-0.1, -0.05) is 20.8 Å². The number of hydrogen-bond donors (Lipinski definition) is 1. The van der Waals surface area contributed by atoms with E-state index in [2.05, 4.69) is 5.10 Å². The number of nitro benzene ring substituents is 1. The summed E-state index contributed by atoms with van der Waals surface area (Å²) in [6, 6.07) is 4.01. The van der Waals surface area contributed by atoms with Crippen LogP contribution in [0.15, 0.2) is 29.4 Å². The van der Waals surface area contributed by atoms with Crippen molar-refractivity contribution in [2.24, 2.45) is 10.5 Å². The van der Waals surface area contributed by atoms with Gasteiger partial charge in [-0.3, -0.25) is 14.9 Å². The van der Waals surface area contributed by atoms with Crippen LogP contribution in [0, 0.1) is 15.5 Å². The first kappa shape index (κ1) is 18.8. The molecular weight excluding hydrogens is 343 g/mol. The van der Waals surface area contributed by atoms with E-state index in [9.17, 15) is 33.2 Å². The van der Waals surface area contributed by atoms with E-state index in [1.165, 1.54) is 0 Å². The molecule has 0 spiro atoms. The fourth-order valence-electron chi connectivity index (χ4n) is 2.24. The van der Waals surface area contributed by atoms with Crippen LogP contribution in [0.1, 0.15) is 37.6 Å². The zero-order valence-corrected chi connectivity index (χ0v) is 13.7. The first-order valence-electron chi connectivity index (χ1n) is 7.23. The Labute approximate surface area is 140 Å². The van der Waals surface area contributed by atoms with Gasteiger partial charge >= 0.3 is 6.18 Å². The van der Waals surface area contributed by atoms with E-state index in [0.29, 0.717) is 0 Å². The van der Waals surface area contributed by atoms with Crippen molar-refractivity contribution in [3.8, 4) is 0 Å². The maximum absolute atomic E-state index is 13.4. The van der Waals surface area contributed by atoms with Crippen molar-refractivity contribution in [1.82, 2.24) is 5.01 Å². The average molecular weight is 359 g/mol. The Morgan fingerprint density at radius 1 is 1.28 bits per heavy atom. The summed E-state index contributed by atoms with van der Waals surface area (Å²) in [5, 5.41) is 24.5. The normalized spacial score (nSPS) is 21.2. The van der Waals surface area contributed by atoms with Gasteiger partial charge in [-0.25, -0.2) is 0 Å². The van der Waals surface area contributed by atoms with Crippen LogP contribution < -0.4 is 0 Å². The van der Waals surface area contributed by atoms with Crippen molar-refractivity contribution in [2.75, 3.05) is 0 Å². The predicted molar refractivity (Wildman–Crippen MR) is 81.8 cm³/mol. The second-order valence-electron chi connectivity index (χ2n) is 6.71. The lowest BCUT2D eigenvalue weighted by atomic mass is 9.86. The van der Waals surface area contributed by atoms with Gasteiger partial charge in [0.15, 0.2) is 0 Å². The third kappa shape index (κ3) is 3.34. The van der Waals surface area contributed by atoms with Gasteiger partial charge < -0.3 is 5.11 Å². The maximum Gasteiger partial charge on any atom is 0.438 e. The van der Waals surface area contributed by atoms with Gasteiger partial charge in [0.25, 0.3) is 17.3 Å². The monoisotopic (exact) mass is 359 g/mol. The molecule has 0 fully saturated rings. The van der Waals surface area contributed by atoms with E-state index >= 15 is 0 Å². The number of carbonyl (C=O) groups is 1. The van der Waals surface area contributed by atoms with Crippen molar-refractivity contribution in [2.45, 2.75) is 39.1 Å². The number of rotatable bonds is 2. The number of alkyl halides is 3. The number of hydrazone groups is 1. The van der Waals surface area contributed by atoms with Crippen LogP contribution in [0.4, 0.5) is 18.9 Å². The van der Waals surface area contributed by atoms with Crippen LogP contribution in [0.25, 0.3) is 0 Å². The summed E-state index contributed by atoms with van der Waals surface area (Å²) in [6.07, 6.45) is -5.99. The Bertz CT molecular complexity index is 738. The summed E-state index contributed by atoms with van der Waals surface area (Å²) in [5.41, 5.74) is -4.81. The summed E-state index contributed by atoms with van der Waals surface area (Å²) in [7, 11) is 0. The minimum Gasteiger partial charge on any atom is -0.362 e. The molecule has 0 unspecified atom stereocenters. The molecule has 1 aromatic rings. The Hall–Kier alpha value is -2.49. The van der Waals surface area contributed by atoms with Crippen LogP contribution in [-0.4, -0.2) is 38.6 Å². The molecule has 1 aliphatic rings. The molecule has 10 heteroatoms. The number of non-ortho nitro benzene ring substituents is 1. The lowest BCUT2D eigenvalue weighted by Gasteiger charge is -2.32. The number of carbonyl (C=O) groups excluding carboxylic acids is 1. The third-order valence-corrected chi connectivity index (χ3v) is 3.82. The number of hydrogen-bond acceptors (Lipinski definition) is 5. The molecule has 0 saturated heterocycles. The fraction of sp³-hybridized carbons (Fsp3) is 0.467. The number of nitro groups is 1. The SMILES string of the molecule is CC(C)(C)C1=NN(C(=O)c2ccc([N+](=O)[O-])cc2)[C@](O)(C(F)(F)F)C1. The molecule has 25 heavy (non-hydrogen) atoms. The highest BCUT2D eigenvalue weighted by atomic mass is 19.4. The first-order valence-corrected chi connectivity index (χ1v) is 7.23. The van der Waals surface area contributed by atoms with Crippen LogP contribution in [0.3, 0.4) is 0 Å². The number of benzene rings is 1. The fourth-order valence-corrected chi connectivity index (χ4v) is 2.24. The molecule has 136 valence electrons. The molecule has 0 saturated carbocycles. The number of halogens is 3. The van der Waals surface area contributed by atoms with Crippen molar-refractivity contribution in [3.05, 3.63) is 39.9 Å². The summed E-state index contributed by atoms with van der Waals surface area (Å²) in [5.74, 6) is -1.20. The summed E-state index contributed by atoms with van der Waals surface area (Å²) in [4.78, 5) is 22.4. The van der Waals surface area contributed by atoms with Gasteiger partial charge in [0.1, 0.15) is 0 Å². The van der Waals surface area contributed by atoms with E-state index < -0.39 is 34.6 Å². The van der Waals surface area contributed by atoms with E-state index in [-0.39, 0.29) is 22.0 Å². The summed E-state index contributed by atoms with van der Waals surface area (Å²) in [6.45, 7) is 4.84. The van der Waals surface area contributed by atoms with Gasteiger partial charge in [-0.05, 0) is 12.1 Å². The Morgan fingerprint density at radius 3 is 2.20 bits per heavy atom. The molecule has 0 aliphatic carbocycles. The van der Waals surface area contributed by atoms with Crippen LogP contribution in [0.5, 0.6) is 0 Å². The van der Waals surface area contributed by atoms with Crippen molar-refractivity contribution in [1.29, 1.82) is 0 Å². The van der Waals surface area contributed by atoms with Crippen molar-refractivity contribution >= 4 is 17.3 Å². The number of nitrogens with zero attached hydrogens (tertiary/aromatic N) is 3. The smallest absolute Gasteiger partial charge is 0.362 e. The highest BCUT2D eigenvalue weighted by Gasteiger charge is 2.64. The predicted octanol–water partition coefficient (Wildman–Crippen LogP) is 3.09. The maximum atomic E-state index is 13.4. The summed E-state index contributed by atoms with van der Waals surface area (Å²) >= 11 is 0. The molecule has 1 aromatic carbocycles. The van der Waals surface area contributed by atoms with Gasteiger partial charge in [0.05, 0.1) is 4.92 Å². The minimum atomic E-state index is -5.13. The van der Waals surface area contributed by atoms with Gasteiger partial charge in [-0.2, -0.15) is 23.3 Å². The first-order chi connectivity index (χ1) is 11.3. The Kier molecular flexibility index (Phi) is 4.37. The van der Waals surface area contributed by atoms with Gasteiger partial charge in [0, 0.05) is 35.2 Å². The molecule has 1 amide bonds. The lowest BCUT2D eigenvalue weighted by Crippen LogP contribution is -2.56. The molecule has 0 bridgehead atoms. The molecule has 1 heterocycles. The highest BCUT2D eigenvalue weighted by Crippen LogP contribution is 2.43.